The Morgan fingerprint density at radius 1 is 1.23 bits per heavy atom. The molecule has 2 aromatic carbocycles. The van der Waals surface area contributed by atoms with Gasteiger partial charge >= 0.3 is 0 Å². The van der Waals surface area contributed by atoms with Crippen molar-refractivity contribution in [3.63, 3.8) is 0 Å². The Labute approximate surface area is 150 Å². The number of benzene rings is 2. The summed E-state index contributed by atoms with van der Waals surface area (Å²) in [6.07, 6.45) is 3.21. The van der Waals surface area contributed by atoms with Crippen LogP contribution >= 0.6 is 0 Å². The molecule has 1 aliphatic heterocycles. The first-order valence-electron chi connectivity index (χ1n) is 8.67. The molecule has 1 aromatic heterocycles. The van der Waals surface area contributed by atoms with Crippen molar-refractivity contribution in [2.45, 2.75) is 25.8 Å². The molecule has 0 unspecified atom stereocenters. The molecule has 1 atom stereocenters. The third-order valence-corrected chi connectivity index (χ3v) is 4.80. The number of para-hydroxylation sites is 1. The number of halogens is 1. The van der Waals surface area contributed by atoms with E-state index < -0.39 is 0 Å². The van der Waals surface area contributed by atoms with E-state index in [1.54, 1.807) is 13.0 Å². The van der Waals surface area contributed by atoms with Crippen molar-refractivity contribution in [2.24, 2.45) is 0 Å². The molecule has 0 bridgehead atoms. The van der Waals surface area contributed by atoms with Crippen LogP contribution < -0.4 is 10.2 Å². The second-order valence-corrected chi connectivity index (χ2v) is 6.51. The molecule has 2 heterocycles. The first-order valence-corrected chi connectivity index (χ1v) is 8.67. The summed E-state index contributed by atoms with van der Waals surface area (Å²) in [6, 6.07) is 11.9. The van der Waals surface area contributed by atoms with Crippen molar-refractivity contribution in [1.82, 2.24) is 9.97 Å². The van der Waals surface area contributed by atoms with E-state index in [4.69, 9.17) is 0 Å². The molecular weight excluding hydrogens is 331 g/mol. The van der Waals surface area contributed by atoms with Crippen LogP contribution in [-0.2, 0) is 4.79 Å². The van der Waals surface area contributed by atoms with Crippen LogP contribution in [0.4, 0.5) is 15.9 Å². The second-order valence-electron chi connectivity index (χ2n) is 6.51. The molecule has 1 amide bonds. The second kappa shape index (κ2) is 6.71. The lowest BCUT2D eigenvalue weighted by molar-refractivity contribution is -0.117. The van der Waals surface area contributed by atoms with Crippen molar-refractivity contribution >= 4 is 28.3 Å². The summed E-state index contributed by atoms with van der Waals surface area (Å²) in [4.78, 5) is 23.7. The van der Waals surface area contributed by atoms with Crippen LogP contribution in [0.2, 0.25) is 0 Å². The van der Waals surface area contributed by atoms with Gasteiger partial charge in [0, 0.05) is 17.6 Å². The number of fused-ring (bicyclic) bond motifs is 1. The smallest absolute Gasteiger partial charge is 0.247 e. The molecular formula is C20H19FN4O. The first kappa shape index (κ1) is 16.4. The standard InChI is InChI=1S/C20H19FN4O/c1-13-11-14(21)8-9-16(13)24-20(26)18-7-4-10-25(18)19-15-5-2-3-6-17(15)22-12-23-19/h2-3,5-6,8-9,11-12,18H,4,7,10H2,1H3,(H,24,26)/t18-/m0/s1. The molecule has 1 saturated heterocycles. The summed E-state index contributed by atoms with van der Waals surface area (Å²) in [5.74, 6) is 0.374. The number of aryl methyl sites for hydroxylation is 1. The van der Waals surface area contributed by atoms with Crippen molar-refractivity contribution in [2.75, 3.05) is 16.8 Å². The minimum absolute atomic E-state index is 0.0973. The fourth-order valence-corrected chi connectivity index (χ4v) is 3.50. The largest absolute Gasteiger partial charge is 0.344 e. The molecule has 4 rings (SSSR count). The Hall–Kier alpha value is -3.02. The Kier molecular flexibility index (Phi) is 4.24. The molecule has 1 fully saturated rings. The van der Waals surface area contributed by atoms with Crippen molar-refractivity contribution in [1.29, 1.82) is 0 Å². The highest BCUT2D eigenvalue weighted by Crippen LogP contribution is 2.30. The van der Waals surface area contributed by atoms with Gasteiger partial charge in [-0.2, -0.15) is 0 Å². The van der Waals surface area contributed by atoms with Gasteiger partial charge in [-0.25, -0.2) is 14.4 Å². The first-order chi connectivity index (χ1) is 12.6. The molecule has 0 aliphatic carbocycles. The van der Waals surface area contributed by atoms with Crippen LogP contribution in [0.1, 0.15) is 18.4 Å². The number of anilines is 2. The van der Waals surface area contributed by atoms with Gasteiger partial charge in [0.05, 0.1) is 5.52 Å². The molecule has 0 spiro atoms. The van der Waals surface area contributed by atoms with E-state index in [0.29, 0.717) is 11.3 Å². The molecule has 0 radical (unpaired) electrons. The van der Waals surface area contributed by atoms with E-state index in [1.807, 2.05) is 29.2 Å². The maximum absolute atomic E-state index is 13.3. The molecule has 5 nitrogen and oxygen atoms in total. The average molecular weight is 350 g/mol. The van der Waals surface area contributed by atoms with Gasteiger partial charge in [-0.3, -0.25) is 4.79 Å². The maximum Gasteiger partial charge on any atom is 0.247 e. The van der Waals surface area contributed by atoms with E-state index in [1.165, 1.54) is 18.5 Å². The van der Waals surface area contributed by atoms with E-state index in [2.05, 4.69) is 15.3 Å². The van der Waals surface area contributed by atoms with Crippen LogP contribution in [0, 0.1) is 12.7 Å². The molecule has 6 heteroatoms. The van der Waals surface area contributed by atoms with Crippen LogP contribution in [-0.4, -0.2) is 28.5 Å². The van der Waals surface area contributed by atoms with Gasteiger partial charge in [0.15, 0.2) is 0 Å². The number of carbonyl (C=O) groups excluding carboxylic acids is 1. The minimum Gasteiger partial charge on any atom is -0.344 e. The SMILES string of the molecule is Cc1cc(F)ccc1NC(=O)[C@@H]1CCCN1c1ncnc2ccccc12. The van der Waals surface area contributed by atoms with Crippen molar-refractivity contribution < 1.29 is 9.18 Å². The lowest BCUT2D eigenvalue weighted by Crippen LogP contribution is -2.40. The number of rotatable bonds is 3. The zero-order valence-electron chi connectivity index (χ0n) is 14.4. The number of carbonyl (C=O) groups is 1. The third-order valence-electron chi connectivity index (χ3n) is 4.80. The number of hydrogen-bond donors (Lipinski definition) is 1. The fourth-order valence-electron chi connectivity index (χ4n) is 3.50. The monoisotopic (exact) mass is 350 g/mol. The number of nitrogens with zero attached hydrogens (tertiary/aromatic N) is 3. The van der Waals surface area contributed by atoms with Crippen LogP contribution in [0.5, 0.6) is 0 Å². The molecule has 132 valence electrons. The lowest BCUT2D eigenvalue weighted by atomic mass is 10.1. The predicted octanol–water partition coefficient (Wildman–Crippen LogP) is 3.68. The summed E-state index contributed by atoms with van der Waals surface area (Å²) in [7, 11) is 0. The predicted molar refractivity (Wildman–Crippen MR) is 99.7 cm³/mol. The Morgan fingerprint density at radius 2 is 2.08 bits per heavy atom. The van der Waals surface area contributed by atoms with E-state index >= 15 is 0 Å². The zero-order valence-corrected chi connectivity index (χ0v) is 14.4. The van der Waals surface area contributed by atoms with Gasteiger partial charge in [0.2, 0.25) is 5.91 Å². The highest BCUT2D eigenvalue weighted by molar-refractivity contribution is 5.99. The molecule has 0 saturated carbocycles. The Balaban J connectivity index is 1.62. The highest BCUT2D eigenvalue weighted by atomic mass is 19.1. The summed E-state index contributed by atoms with van der Waals surface area (Å²) in [5.41, 5.74) is 2.20. The third kappa shape index (κ3) is 2.98. The zero-order chi connectivity index (χ0) is 18.1. The minimum atomic E-state index is -0.310. The van der Waals surface area contributed by atoms with Gasteiger partial charge in [0.1, 0.15) is 24.0 Å². The van der Waals surface area contributed by atoms with Gasteiger partial charge in [-0.15, -0.1) is 0 Å². The van der Waals surface area contributed by atoms with E-state index in [0.717, 1.165) is 36.1 Å². The quantitative estimate of drug-likeness (QED) is 0.783. The Morgan fingerprint density at radius 3 is 2.92 bits per heavy atom. The number of hydrogen-bond acceptors (Lipinski definition) is 4. The van der Waals surface area contributed by atoms with Crippen molar-refractivity contribution in [3.05, 3.63) is 60.2 Å². The van der Waals surface area contributed by atoms with E-state index in [-0.39, 0.29) is 17.8 Å². The molecule has 1 aliphatic rings. The molecule has 3 aromatic rings. The topological polar surface area (TPSA) is 58.1 Å². The number of aromatic nitrogens is 2. The summed E-state index contributed by atoms with van der Waals surface area (Å²) in [5, 5.41) is 3.87. The summed E-state index contributed by atoms with van der Waals surface area (Å²) >= 11 is 0. The molecule has 1 N–H and O–H groups in total. The van der Waals surface area contributed by atoms with Gasteiger partial charge < -0.3 is 10.2 Å². The number of amides is 1. The number of nitrogens with one attached hydrogen (secondary N) is 1. The highest BCUT2D eigenvalue weighted by Gasteiger charge is 2.32. The van der Waals surface area contributed by atoms with Gasteiger partial charge in [-0.1, -0.05) is 12.1 Å². The van der Waals surface area contributed by atoms with Gasteiger partial charge in [-0.05, 0) is 55.7 Å². The lowest BCUT2D eigenvalue weighted by Gasteiger charge is -2.26. The van der Waals surface area contributed by atoms with Crippen LogP contribution in [0.25, 0.3) is 10.9 Å². The fraction of sp³-hybridized carbons (Fsp3) is 0.250. The summed E-state index contributed by atoms with van der Waals surface area (Å²) < 4.78 is 13.3. The van der Waals surface area contributed by atoms with Crippen LogP contribution in [0.3, 0.4) is 0 Å². The van der Waals surface area contributed by atoms with Crippen molar-refractivity contribution in [3.8, 4) is 0 Å². The van der Waals surface area contributed by atoms with Crippen LogP contribution in [0.15, 0.2) is 48.8 Å². The van der Waals surface area contributed by atoms with E-state index in [9.17, 15) is 9.18 Å². The summed E-state index contributed by atoms with van der Waals surface area (Å²) in [6.45, 7) is 2.55. The molecule has 26 heavy (non-hydrogen) atoms. The Bertz CT molecular complexity index is 970. The van der Waals surface area contributed by atoms with Gasteiger partial charge in [0.25, 0.3) is 0 Å². The normalized spacial score (nSPS) is 16.8. The maximum atomic E-state index is 13.3. The average Bonchev–Trinajstić information content (AvgIpc) is 3.13.